The van der Waals surface area contributed by atoms with Crippen molar-refractivity contribution in [1.29, 1.82) is 0 Å². The van der Waals surface area contributed by atoms with E-state index in [-0.39, 0.29) is 5.70 Å². The lowest BCUT2D eigenvalue weighted by atomic mass is 10.2. The number of H-pyrrole nitrogens is 1. The molecule has 4 aromatic rings. The maximum absolute atomic E-state index is 12.8. The van der Waals surface area contributed by atoms with Crippen LogP contribution in [-0.4, -0.2) is 22.0 Å². The maximum Gasteiger partial charge on any atom is 0.272 e. The molecule has 0 aliphatic rings. The Balaban J connectivity index is 1.59. The molecule has 28 heavy (non-hydrogen) atoms. The third-order valence-corrected chi connectivity index (χ3v) is 4.06. The first-order valence-electron chi connectivity index (χ1n) is 8.55. The highest BCUT2D eigenvalue weighted by Crippen LogP contribution is 2.17. The van der Waals surface area contributed by atoms with Gasteiger partial charge in [-0.25, -0.2) is 0 Å². The first-order chi connectivity index (χ1) is 13.7. The first kappa shape index (κ1) is 17.3. The van der Waals surface area contributed by atoms with Gasteiger partial charge in [-0.2, -0.15) is 5.10 Å². The van der Waals surface area contributed by atoms with Crippen LogP contribution in [0.4, 0.5) is 5.69 Å². The number of nitrogens with one attached hydrogen (secondary N) is 3. The quantitative estimate of drug-likeness (QED) is 0.466. The van der Waals surface area contributed by atoms with E-state index in [4.69, 9.17) is 4.42 Å². The van der Waals surface area contributed by atoms with Crippen LogP contribution < -0.4 is 10.6 Å². The van der Waals surface area contributed by atoms with Gasteiger partial charge in [0.05, 0.1) is 18.0 Å². The molecule has 0 unspecified atom stereocenters. The molecule has 4 rings (SSSR count). The Morgan fingerprint density at radius 3 is 2.68 bits per heavy atom. The molecular formula is C21H16N4O3. The van der Waals surface area contributed by atoms with Crippen molar-refractivity contribution in [3.8, 4) is 0 Å². The van der Waals surface area contributed by atoms with Crippen LogP contribution in [0.5, 0.6) is 0 Å². The highest BCUT2D eigenvalue weighted by molar-refractivity contribution is 6.10. The summed E-state index contributed by atoms with van der Waals surface area (Å²) in [5.74, 6) is -0.417. The van der Waals surface area contributed by atoms with Gasteiger partial charge in [0.15, 0.2) is 0 Å². The van der Waals surface area contributed by atoms with E-state index in [0.717, 1.165) is 10.9 Å². The molecule has 2 aromatic heterocycles. The number of aromatic amines is 1. The molecule has 0 aliphatic heterocycles. The van der Waals surface area contributed by atoms with E-state index in [9.17, 15) is 9.59 Å². The second-order valence-electron chi connectivity index (χ2n) is 6.02. The summed E-state index contributed by atoms with van der Waals surface area (Å²) in [6.07, 6.45) is 4.67. The van der Waals surface area contributed by atoms with Crippen LogP contribution in [0.25, 0.3) is 17.0 Å². The molecule has 0 saturated carbocycles. The van der Waals surface area contributed by atoms with E-state index in [1.165, 1.54) is 12.3 Å². The SMILES string of the molecule is O=C(Nc1ccc2cn[nH]c2c1)/C(=C\c1ccco1)NC(=O)c1ccccc1. The van der Waals surface area contributed by atoms with E-state index in [2.05, 4.69) is 20.8 Å². The zero-order chi connectivity index (χ0) is 19.3. The highest BCUT2D eigenvalue weighted by Gasteiger charge is 2.16. The lowest BCUT2D eigenvalue weighted by molar-refractivity contribution is -0.113. The Bertz CT molecular complexity index is 1140. The number of carbonyl (C=O) groups is 2. The number of rotatable bonds is 5. The maximum atomic E-state index is 12.8. The standard InChI is InChI=1S/C21H16N4O3/c26-20(14-5-2-1-3-6-14)24-19(12-17-7-4-10-28-17)21(27)23-16-9-8-15-13-22-25-18(15)11-16/h1-13H,(H,22,25)(H,23,27)(H,24,26)/b19-12+. The van der Waals surface area contributed by atoms with Crippen molar-refractivity contribution >= 4 is 34.5 Å². The number of hydrogen-bond acceptors (Lipinski definition) is 4. The van der Waals surface area contributed by atoms with Crippen molar-refractivity contribution in [3.05, 3.63) is 90.1 Å². The average Bonchev–Trinajstić information content (AvgIpc) is 3.39. The van der Waals surface area contributed by atoms with E-state index in [0.29, 0.717) is 17.0 Å². The Morgan fingerprint density at radius 1 is 1.04 bits per heavy atom. The molecule has 0 spiro atoms. The van der Waals surface area contributed by atoms with E-state index in [1.54, 1.807) is 54.7 Å². The molecule has 2 aromatic carbocycles. The molecule has 0 aliphatic carbocycles. The summed E-state index contributed by atoms with van der Waals surface area (Å²) in [4.78, 5) is 25.3. The molecule has 0 radical (unpaired) electrons. The van der Waals surface area contributed by atoms with E-state index >= 15 is 0 Å². The molecule has 0 fully saturated rings. The molecule has 0 atom stereocenters. The predicted octanol–water partition coefficient (Wildman–Crippen LogP) is 3.57. The van der Waals surface area contributed by atoms with Crippen LogP contribution in [0.15, 0.2) is 83.2 Å². The summed E-state index contributed by atoms with van der Waals surface area (Å²) >= 11 is 0. The summed E-state index contributed by atoms with van der Waals surface area (Å²) in [5, 5.41) is 13.2. The fraction of sp³-hybridized carbons (Fsp3) is 0. The minimum absolute atomic E-state index is 0.0634. The fourth-order valence-electron chi connectivity index (χ4n) is 2.67. The van der Waals surface area contributed by atoms with Crippen LogP contribution in [0.2, 0.25) is 0 Å². The Hall–Kier alpha value is -4.13. The van der Waals surface area contributed by atoms with Crippen molar-refractivity contribution in [2.45, 2.75) is 0 Å². The van der Waals surface area contributed by atoms with Gasteiger partial charge < -0.3 is 15.1 Å². The number of anilines is 1. The summed E-state index contributed by atoms with van der Waals surface area (Å²) in [6.45, 7) is 0. The van der Waals surface area contributed by atoms with Gasteiger partial charge in [-0.05, 0) is 42.5 Å². The largest absolute Gasteiger partial charge is 0.465 e. The number of hydrogen-bond donors (Lipinski definition) is 3. The molecule has 2 heterocycles. The van der Waals surface area contributed by atoms with Crippen molar-refractivity contribution in [1.82, 2.24) is 15.5 Å². The number of amides is 2. The molecule has 0 bridgehead atoms. The van der Waals surface area contributed by atoms with Gasteiger partial charge in [0, 0.05) is 22.7 Å². The highest BCUT2D eigenvalue weighted by atomic mass is 16.3. The molecule has 7 nitrogen and oxygen atoms in total. The third-order valence-electron chi connectivity index (χ3n) is 4.06. The number of benzene rings is 2. The monoisotopic (exact) mass is 372 g/mol. The molecule has 7 heteroatoms. The van der Waals surface area contributed by atoms with Crippen molar-refractivity contribution in [2.75, 3.05) is 5.32 Å². The van der Waals surface area contributed by atoms with Crippen LogP contribution in [-0.2, 0) is 4.79 Å². The normalized spacial score (nSPS) is 11.4. The first-order valence-corrected chi connectivity index (χ1v) is 8.55. The minimum atomic E-state index is -0.473. The Labute approximate surface area is 160 Å². The number of aromatic nitrogens is 2. The van der Waals surface area contributed by atoms with Gasteiger partial charge in [0.1, 0.15) is 11.5 Å². The number of fused-ring (bicyclic) bond motifs is 1. The summed E-state index contributed by atoms with van der Waals surface area (Å²) in [6, 6.07) is 17.4. The Morgan fingerprint density at radius 2 is 1.89 bits per heavy atom. The third kappa shape index (κ3) is 3.83. The fourth-order valence-corrected chi connectivity index (χ4v) is 2.67. The van der Waals surface area contributed by atoms with Gasteiger partial charge >= 0.3 is 0 Å². The van der Waals surface area contributed by atoms with Crippen LogP contribution in [0, 0.1) is 0 Å². The summed E-state index contributed by atoms with van der Waals surface area (Å²) in [5.41, 5.74) is 1.87. The zero-order valence-corrected chi connectivity index (χ0v) is 14.7. The smallest absolute Gasteiger partial charge is 0.272 e. The topological polar surface area (TPSA) is 100 Å². The summed E-state index contributed by atoms with van der Waals surface area (Å²) < 4.78 is 5.28. The van der Waals surface area contributed by atoms with Crippen LogP contribution in [0.3, 0.4) is 0 Å². The van der Waals surface area contributed by atoms with E-state index < -0.39 is 11.8 Å². The van der Waals surface area contributed by atoms with Gasteiger partial charge in [-0.1, -0.05) is 18.2 Å². The molecule has 3 N–H and O–H groups in total. The van der Waals surface area contributed by atoms with E-state index in [1.807, 2.05) is 12.1 Å². The van der Waals surface area contributed by atoms with Crippen molar-refractivity contribution in [2.24, 2.45) is 0 Å². The molecule has 0 saturated heterocycles. The van der Waals surface area contributed by atoms with Crippen molar-refractivity contribution in [3.63, 3.8) is 0 Å². The van der Waals surface area contributed by atoms with Gasteiger partial charge in [0.2, 0.25) is 0 Å². The zero-order valence-electron chi connectivity index (χ0n) is 14.7. The van der Waals surface area contributed by atoms with Crippen LogP contribution in [0.1, 0.15) is 16.1 Å². The number of furan rings is 1. The number of nitrogens with zero attached hydrogens (tertiary/aromatic N) is 1. The average molecular weight is 372 g/mol. The van der Waals surface area contributed by atoms with Crippen LogP contribution >= 0.6 is 0 Å². The molecular weight excluding hydrogens is 356 g/mol. The summed E-state index contributed by atoms with van der Waals surface area (Å²) in [7, 11) is 0. The van der Waals surface area contributed by atoms with Gasteiger partial charge in [-0.15, -0.1) is 0 Å². The lowest BCUT2D eigenvalue weighted by Gasteiger charge is -2.11. The van der Waals surface area contributed by atoms with Gasteiger partial charge in [-0.3, -0.25) is 14.7 Å². The molecule has 138 valence electrons. The van der Waals surface area contributed by atoms with Crippen molar-refractivity contribution < 1.29 is 14.0 Å². The second kappa shape index (κ2) is 7.63. The Kier molecular flexibility index (Phi) is 4.71. The lowest BCUT2D eigenvalue weighted by Crippen LogP contribution is -2.30. The minimum Gasteiger partial charge on any atom is -0.465 e. The second-order valence-corrected chi connectivity index (χ2v) is 6.02. The predicted molar refractivity (Wildman–Crippen MR) is 105 cm³/mol. The van der Waals surface area contributed by atoms with Gasteiger partial charge in [0.25, 0.3) is 11.8 Å². The number of carbonyl (C=O) groups excluding carboxylic acids is 2. The molecule has 2 amide bonds.